The Balaban J connectivity index is 1.64. The van der Waals surface area contributed by atoms with Crippen molar-refractivity contribution < 1.29 is 9.53 Å². The smallest absolute Gasteiger partial charge is 0.237 e. The van der Waals surface area contributed by atoms with Crippen LogP contribution in [0.1, 0.15) is 51.9 Å². The Labute approximate surface area is 116 Å². The molecule has 4 nitrogen and oxygen atoms in total. The van der Waals surface area contributed by atoms with Gasteiger partial charge in [-0.1, -0.05) is 12.8 Å². The van der Waals surface area contributed by atoms with Gasteiger partial charge in [-0.3, -0.25) is 4.79 Å². The van der Waals surface area contributed by atoms with Gasteiger partial charge in [0.15, 0.2) is 0 Å². The van der Waals surface area contributed by atoms with E-state index in [4.69, 9.17) is 4.74 Å². The van der Waals surface area contributed by atoms with E-state index >= 15 is 0 Å². The van der Waals surface area contributed by atoms with E-state index < -0.39 is 0 Å². The van der Waals surface area contributed by atoms with Gasteiger partial charge in [0.05, 0.1) is 12.1 Å². The Kier molecular flexibility index (Phi) is 6.11. The van der Waals surface area contributed by atoms with Crippen LogP contribution in [0.25, 0.3) is 0 Å². The largest absolute Gasteiger partial charge is 0.378 e. The van der Waals surface area contributed by atoms with Gasteiger partial charge in [0.2, 0.25) is 5.91 Å². The van der Waals surface area contributed by atoms with Crippen molar-refractivity contribution in [2.45, 2.75) is 64.0 Å². The molecule has 0 radical (unpaired) electrons. The number of likely N-dealkylation sites (N-methyl/N-ethyl adjacent to an activating group) is 1. The normalized spacial score (nSPS) is 31.3. The summed E-state index contributed by atoms with van der Waals surface area (Å²) in [6.07, 6.45) is 8.90. The summed E-state index contributed by atoms with van der Waals surface area (Å²) in [4.78, 5) is 11.8. The predicted octanol–water partition coefficient (Wildman–Crippen LogP) is 1.84. The van der Waals surface area contributed by atoms with E-state index in [-0.39, 0.29) is 11.9 Å². The molecule has 2 saturated heterocycles. The van der Waals surface area contributed by atoms with E-state index in [0.717, 1.165) is 26.1 Å². The highest BCUT2D eigenvalue weighted by Crippen LogP contribution is 2.25. The van der Waals surface area contributed by atoms with E-state index in [9.17, 15) is 4.79 Å². The van der Waals surface area contributed by atoms with Crippen molar-refractivity contribution in [2.24, 2.45) is 5.92 Å². The van der Waals surface area contributed by atoms with Crippen molar-refractivity contribution in [3.63, 3.8) is 0 Å². The summed E-state index contributed by atoms with van der Waals surface area (Å²) < 4.78 is 5.66. The van der Waals surface area contributed by atoms with Crippen LogP contribution in [0.4, 0.5) is 0 Å². The number of hydrogen-bond acceptors (Lipinski definition) is 3. The number of amides is 1. The SMILES string of the molecule is CCNC(=O)C1CC(CCCC2CCCO2)CCN1. The lowest BCUT2D eigenvalue weighted by Gasteiger charge is -2.29. The minimum atomic E-state index is 0.0291. The highest BCUT2D eigenvalue weighted by Gasteiger charge is 2.26. The molecule has 2 aliphatic rings. The highest BCUT2D eigenvalue weighted by molar-refractivity contribution is 5.81. The van der Waals surface area contributed by atoms with Crippen LogP contribution in [-0.4, -0.2) is 37.7 Å². The molecular formula is C15H28N2O2. The summed E-state index contributed by atoms with van der Waals surface area (Å²) in [7, 11) is 0. The molecular weight excluding hydrogens is 240 g/mol. The van der Waals surface area contributed by atoms with Gasteiger partial charge in [-0.25, -0.2) is 0 Å². The molecule has 2 aliphatic heterocycles. The molecule has 2 N–H and O–H groups in total. The van der Waals surface area contributed by atoms with E-state index in [2.05, 4.69) is 10.6 Å². The van der Waals surface area contributed by atoms with Crippen molar-refractivity contribution in [1.29, 1.82) is 0 Å². The number of piperidine rings is 1. The summed E-state index contributed by atoms with van der Waals surface area (Å²) in [5, 5.41) is 6.24. The quantitative estimate of drug-likeness (QED) is 0.773. The van der Waals surface area contributed by atoms with Crippen LogP contribution in [0.15, 0.2) is 0 Å². The third-order valence-electron chi connectivity index (χ3n) is 4.34. The number of rotatable bonds is 6. The van der Waals surface area contributed by atoms with Gasteiger partial charge in [-0.2, -0.15) is 0 Å². The number of hydrogen-bond donors (Lipinski definition) is 2. The van der Waals surface area contributed by atoms with Gasteiger partial charge in [-0.15, -0.1) is 0 Å². The van der Waals surface area contributed by atoms with Crippen molar-refractivity contribution >= 4 is 5.91 Å². The lowest BCUT2D eigenvalue weighted by molar-refractivity contribution is -0.124. The third-order valence-corrected chi connectivity index (χ3v) is 4.34. The zero-order valence-electron chi connectivity index (χ0n) is 12.1. The van der Waals surface area contributed by atoms with Crippen LogP contribution in [-0.2, 0) is 9.53 Å². The first-order valence-electron chi connectivity index (χ1n) is 7.92. The Morgan fingerprint density at radius 3 is 3.00 bits per heavy atom. The van der Waals surface area contributed by atoms with Gasteiger partial charge >= 0.3 is 0 Å². The fourth-order valence-electron chi connectivity index (χ4n) is 3.26. The van der Waals surface area contributed by atoms with Crippen LogP contribution in [0, 0.1) is 5.92 Å². The molecule has 1 amide bonds. The van der Waals surface area contributed by atoms with Crippen LogP contribution in [0.3, 0.4) is 0 Å². The van der Waals surface area contributed by atoms with Gasteiger partial charge in [0.1, 0.15) is 0 Å². The average molecular weight is 268 g/mol. The Morgan fingerprint density at radius 1 is 1.37 bits per heavy atom. The topological polar surface area (TPSA) is 50.4 Å². The molecule has 0 aromatic carbocycles. The molecule has 3 unspecified atom stereocenters. The molecule has 4 heteroatoms. The monoisotopic (exact) mass is 268 g/mol. The number of carbonyl (C=O) groups excluding carboxylic acids is 1. The minimum absolute atomic E-state index is 0.0291. The zero-order chi connectivity index (χ0) is 13.5. The number of nitrogens with one attached hydrogen (secondary N) is 2. The zero-order valence-corrected chi connectivity index (χ0v) is 12.1. The highest BCUT2D eigenvalue weighted by atomic mass is 16.5. The van der Waals surface area contributed by atoms with Crippen LogP contribution >= 0.6 is 0 Å². The minimum Gasteiger partial charge on any atom is -0.378 e. The maximum absolute atomic E-state index is 11.8. The van der Waals surface area contributed by atoms with Crippen molar-refractivity contribution in [3.8, 4) is 0 Å². The lowest BCUT2D eigenvalue weighted by Crippen LogP contribution is -2.48. The molecule has 0 saturated carbocycles. The third kappa shape index (κ3) is 4.77. The van der Waals surface area contributed by atoms with Gasteiger partial charge in [-0.05, 0) is 51.5 Å². The second-order valence-corrected chi connectivity index (χ2v) is 5.86. The molecule has 0 aromatic rings. The number of carbonyl (C=O) groups is 1. The second-order valence-electron chi connectivity index (χ2n) is 5.86. The molecule has 0 bridgehead atoms. The maximum Gasteiger partial charge on any atom is 0.237 e. The fourth-order valence-corrected chi connectivity index (χ4v) is 3.26. The molecule has 19 heavy (non-hydrogen) atoms. The van der Waals surface area contributed by atoms with Gasteiger partial charge in [0.25, 0.3) is 0 Å². The van der Waals surface area contributed by atoms with E-state index in [1.165, 1.54) is 38.5 Å². The van der Waals surface area contributed by atoms with E-state index in [0.29, 0.717) is 12.0 Å². The van der Waals surface area contributed by atoms with Gasteiger partial charge < -0.3 is 15.4 Å². The molecule has 2 rings (SSSR count). The van der Waals surface area contributed by atoms with E-state index in [1.807, 2.05) is 6.92 Å². The lowest BCUT2D eigenvalue weighted by atomic mass is 9.87. The van der Waals surface area contributed by atoms with Crippen LogP contribution in [0.2, 0.25) is 0 Å². The molecule has 2 fully saturated rings. The molecule has 3 atom stereocenters. The van der Waals surface area contributed by atoms with Crippen LogP contribution < -0.4 is 10.6 Å². The first kappa shape index (κ1) is 14.8. The fraction of sp³-hybridized carbons (Fsp3) is 0.933. The van der Waals surface area contributed by atoms with Crippen molar-refractivity contribution in [2.75, 3.05) is 19.7 Å². The standard InChI is InChI=1S/C15H28N2O2/c1-2-16-15(18)14-11-12(8-9-17-14)5-3-6-13-7-4-10-19-13/h12-14,17H,2-11H2,1H3,(H,16,18). The molecule has 2 heterocycles. The predicted molar refractivity (Wildman–Crippen MR) is 76.0 cm³/mol. The van der Waals surface area contributed by atoms with E-state index in [1.54, 1.807) is 0 Å². The first-order valence-corrected chi connectivity index (χ1v) is 7.92. The summed E-state index contributed by atoms with van der Waals surface area (Å²) in [6, 6.07) is 0.0291. The molecule has 0 aliphatic carbocycles. The average Bonchev–Trinajstić information content (AvgIpc) is 2.93. The second kappa shape index (κ2) is 7.85. The maximum atomic E-state index is 11.8. The van der Waals surface area contributed by atoms with Gasteiger partial charge in [0, 0.05) is 13.2 Å². The molecule has 0 spiro atoms. The number of ether oxygens (including phenoxy) is 1. The first-order chi connectivity index (χ1) is 9.29. The Bertz CT molecular complexity index is 277. The molecule has 0 aromatic heterocycles. The summed E-state index contributed by atoms with van der Waals surface area (Å²) >= 11 is 0. The Hall–Kier alpha value is -0.610. The summed E-state index contributed by atoms with van der Waals surface area (Å²) in [5.41, 5.74) is 0. The van der Waals surface area contributed by atoms with Crippen molar-refractivity contribution in [1.82, 2.24) is 10.6 Å². The summed E-state index contributed by atoms with van der Waals surface area (Å²) in [5.74, 6) is 0.876. The Morgan fingerprint density at radius 2 is 2.26 bits per heavy atom. The van der Waals surface area contributed by atoms with Crippen molar-refractivity contribution in [3.05, 3.63) is 0 Å². The molecule has 110 valence electrons. The van der Waals surface area contributed by atoms with Crippen LogP contribution in [0.5, 0.6) is 0 Å². The summed E-state index contributed by atoms with van der Waals surface area (Å²) in [6.45, 7) is 4.63.